The Morgan fingerprint density at radius 1 is 1.46 bits per heavy atom. The molecule has 1 aromatic rings. The van der Waals surface area contributed by atoms with Crippen LogP contribution >= 0.6 is 11.8 Å². The largest absolute Gasteiger partial charge is 0.870 e. The fraction of sp³-hybridized carbons (Fsp3) is 0.438. The van der Waals surface area contributed by atoms with Gasteiger partial charge in [-0.15, -0.1) is 11.8 Å². The van der Waals surface area contributed by atoms with Gasteiger partial charge in [0, 0.05) is 29.2 Å². The predicted octanol–water partition coefficient (Wildman–Crippen LogP) is 0.475. The molecule has 1 saturated heterocycles. The van der Waals surface area contributed by atoms with Crippen LogP contribution in [-0.2, 0) is 22.4 Å². The summed E-state index contributed by atoms with van der Waals surface area (Å²) in [5.74, 6) is -1.20. The Bertz CT molecular complexity index is 686. The highest BCUT2D eigenvalue weighted by atomic mass is 32.2. The minimum Gasteiger partial charge on any atom is -0.870 e. The van der Waals surface area contributed by atoms with Crippen LogP contribution in [0.15, 0.2) is 35.1 Å². The topological polar surface area (TPSA) is 112 Å². The lowest BCUT2D eigenvalue weighted by Gasteiger charge is -2.44. The van der Waals surface area contributed by atoms with Crippen LogP contribution in [0, 0.1) is 5.92 Å². The molecule has 24 heavy (non-hydrogen) atoms. The van der Waals surface area contributed by atoms with Crippen molar-refractivity contribution >= 4 is 23.6 Å². The van der Waals surface area contributed by atoms with Gasteiger partial charge in [0.05, 0.1) is 18.1 Å². The summed E-state index contributed by atoms with van der Waals surface area (Å²) in [6, 6.07) is 3.76. The van der Waals surface area contributed by atoms with Crippen LogP contribution in [0.5, 0.6) is 0 Å². The van der Waals surface area contributed by atoms with Crippen molar-refractivity contribution in [1.29, 1.82) is 0 Å². The number of β-lactam (4-membered cyclic amide) rings is 1. The number of amides is 1. The predicted molar refractivity (Wildman–Crippen MR) is 85.9 cm³/mol. The third-order valence-corrected chi connectivity index (χ3v) is 5.54. The molecule has 0 aliphatic carbocycles. The number of rotatable bonds is 5. The van der Waals surface area contributed by atoms with E-state index in [4.69, 9.17) is 0 Å². The second-order valence-corrected chi connectivity index (χ2v) is 7.05. The van der Waals surface area contributed by atoms with Crippen LogP contribution in [-0.4, -0.2) is 44.6 Å². The van der Waals surface area contributed by atoms with Crippen molar-refractivity contribution in [3.05, 3.63) is 40.7 Å². The zero-order valence-electron chi connectivity index (χ0n) is 13.4. The molecule has 1 unspecified atom stereocenters. The number of nitrogens with zero attached hydrogens (tertiary/aromatic N) is 2. The molecule has 3 heterocycles. The number of aliphatic hydroxyl groups excluding tert-OH is 1. The normalized spacial score (nSPS) is 23.5. The number of carboxylic acids is 1. The Morgan fingerprint density at radius 2 is 2.08 bits per heavy atom. The average Bonchev–Trinajstić information content (AvgIpc) is 2.81. The molecule has 1 aromatic heterocycles. The van der Waals surface area contributed by atoms with Gasteiger partial charge in [0.2, 0.25) is 5.91 Å². The van der Waals surface area contributed by atoms with Crippen molar-refractivity contribution < 1.29 is 29.8 Å². The first-order valence-corrected chi connectivity index (χ1v) is 8.43. The summed E-state index contributed by atoms with van der Waals surface area (Å²) < 4.78 is 1.93. The zero-order valence-corrected chi connectivity index (χ0v) is 14.2. The van der Waals surface area contributed by atoms with Crippen LogP contribution in [0.1, 0.15) is 18.9 Å². The lowest BCUT2D eigenvalue weighted by Crippen LogP contribution is -2.61. The third-order valence-electron chi connectivity index (χ3n) is 4.35. The van der Waals surface area contributed by atoms with Crippen molar-refractivity contribution in [3.8, 4) is 0 Å². The van der Waals surface area contributed by atoms with Gasteiger partial charge in [0.25, 0.3) is 0 Å². The standard InChI is InChI=1S/C16H18N2O4S.H2O/c1-9(19)13-11-7-12(14(16(21)22)18(11)15(13)20)23-8-10-3-5-17(2)6-4-10;/h3-6,9,11,13,19H,7-8H2,1-2H3;1H2/t9-,11?,13+;/m1./s1. The number of carboxylic acid groups (broad SMARTS) is 1. The molecule has 7 nitrogen and oxygen atoms in total. The quantitative estimate of drug-likeness (QED) is 0.589. The molecular formula is C16H20N2O5S. The number of aliphatic carboxylic acids is 1. The first-order chi connectivity index (χ1) is 10.9. The van der Waals surface area contributed by atoms with Crippen LogP contribution in [0.4, 0.5) is 0 Å². The van der Waals surface area contributed by atoms with E-state index in [0.29, 0.717) is 17.1 Å². The monoisotopic (exact) mass is 352 g/mol. The van der Waals surface area contributed by atoms with Gasteiger partial charge in [-0.05, 0) is 12.5 Å². The molecule has 130 valence electrons. The summed E-state index contributed by atoms with van der Waals surface area (Å²) in [6.45, 7) is 1.58. The van der Waals surface area contributed by atoms with Gasteiger partial charge in [0.15, 0.2) is 12.4 Å². The molecule has 1 fully saturated rings. The second-order valence-electron chi connectivity index (χ2n) is 5.98. The summed E-state index contributed by atoms with van der Waals surface area (Å²) in [4.78, 5) is 25.7. The molecule has 2 aliphatic heterocycles. The number of hydrogen-bond donors (Lipinski definition) is 2. The summed E-state index contributed by atoms with van der Waals surface area (Å²) in [5, 5.41) is 19.2. The van der Waals surface area contributed by atoms with Crippen molar-refractivity contribution in [2.75, 3.05) is 0 Å². The lowest BCUT2D eigenvalue weighted by molar-refractivity contribution is -0.671. The van der Waals surface area contributed by atoms with Gasteiger partial charge in [-0.1, -0.05) is 0 Å². The maximum Gasteiger partial charge on any atom is 0.353 e. The number of aromatic nitrogens is 1. The van der Waals surface area contributed by atoms with E-state index in [-0.39, 0.29) is 23.1 Å². The number of carbonyl (C=O) groups excluding carboxylic acids is 1. The van der Waals surface area contributed by atoms with Crippen molar-refractivity contribution in [1.82, 2.24) is 4.90 Å². The van der Waals surface area contributed by atoms with E-state index in [1.165, 1.54) is 16.7 Å². The highest BCUT2D eigenvalue weighted by molar-refractivity contribution is 8.02. The maximum absolute atomic E-state index is 12.1. The van der Waals surface area contributed by atoms with Crippen LogP contribution in [0.3, 0.4) is 0 Å². The third kappa shape index (κ3) is 3.04. The van der Waals surface area contributed by atoms with Gasteiger partial charge in [-0.2, -0.15) is 0 Å². The van der Waals surface area contributed by atoms with E-state index in [2.05, 4.69) is 0 Å². The zero-order chi connectivity index (χ0) is 16.7. The highest BCUT2D eigenvalue weighted by Gasteiger charge is 2.56. The molecule has 3 rings (SSSR count). The number of aryl methyl sites for hydroxylation is 1. The minimum absolute atomic E-state index is 0. The molecule has 0 saturated carbocycles. The number of aliphatic hydroxyl groups is 1. The molecule has 0 aromatic carbocycles. The van der Waals surface area contributed by atoms with E-state index in [1.807, 2.05) is 36.1 Å². The first kappa shape index (κ1) is 18.4. The lowest BCUT2D eigenvalue weighted by atomic mass is 9.83. The van der Waals surface area contributed by atoms with Gasteiger partial charge in [0.1, 0.15) is 12.7 Å². The summed E-state index contributed by atoms with van der Waals surface area (Å²) >= 11 is 1.46. The van der Waals surface area contributed by atoms with Crippen LogP contribution in [0.2, 0.25) is 0 Å². The Labute approximate surface area is 143 Å². The number of hydrogen-bond acceptors (Lipinski definition) is 5. The van der Waals surface area contributed by atoms with Gasteiger partial charge in [-0.25, -0.2) is 9.36 Å². The molecule has 8 heteroatoms. The average molecular weight is 352 g/mol. The molecule has 1 amide bonds. The summed E-state index contributed by atoms with van der Waals surface area (Å²) in [6.07, 6.45) is 3.64. The van der Waals surface area contributed by atoms with Crippen LogP contribution < -0.4 is 4.57 Å². The van der Waals surface area contributed by atoms with Gasteiger partial charge >= 0.3 is 5.97 Å². The molecule has 3 N–H and O–H groups in total. The smallest absolute Gasteiger partial charge is 0.353 e. The molecule has 0 spiro atoms. The molecular weight excluding hydrogens is 332 g/mol. The fourth-order valence-corrected chi connectivity index (χ4v) is 4.30. The second kappa shape index (κ2) is 6.92. The van der Waals surface area contributed by atoms with Crippen LogP contribution in [0.25, 0.3) is 0 Å². The van der Waals surface area contributed by atoms with E-state index < -0.39 is 18.0 Å². The van der Waals surface area contributed by atoms with Gasteiger partial charge < -0.3 is 20.6 Å². The van der Waals surface area contributed by atoms with E-state index in [1.54, 1.807) is 6.92 Å². The van der Waals surface area contributed by atoms with Crippen molar-refractivity contribution in [2.45, 2.75) is 31.2 Å². The fourth-order valence-electron chi connectivity index (χ4n) is 3.16. The van der Waals surface area contributed by atoms with Crippen molar-refractivity contribution in [3.63, 3.8) is 0 Å². The first-order valence-electron chi connectivity index (χ1n) is 7.44. The highest BCUT2D eigenvalue weighted by Crippen LogP contribution is 2.47. The summed E-state index contributed by atoms with van der Waals surface area (Å²) in [5.41, 5.74) is 1.18. The number of carbonyl (C=O) groups is 2. The van der Waals surface area contributed by atoms with Gasteiger partial charge in [-0.3, -0.25) is 4.79 Å². The van der Waals surface area contributed by atoms with E-state index in [0.717, 1.165) is 5.56 Å². The number of fused-ring (bicyclic) bond motifs is 1. The van der Waals surface area contributed by atoms with E-state index >= 15 is 0 Å². The number of pyridine rings is 1. The Balaban J connectivity index is 0.00000208. The molecule has 0 radical (unpaired) electrons. The summed E-state index contributed by atoms with van der Waals surface area (Å²) in [7, 11) is 1.94. The molecule has 2 aliphatic rings. The SMILES string of the molecule is C[C@@H](O)[C@@H]1C(=O)N2C(C(=O)O)=C(SCc3cc[n+](C)cc3)CC12.[OH-]. The Hall–Kier alpha value is -1.90. The number of thioether (sulfide) groups is 1. The molecule has 0 bridgehead atoms. The Kier molecular flexibility index (Phi) is 5.32. The minimum atomic E-state index is -1.08. The maximum atomic E-state index is 12.1. The Morgan fingerprint density at radius 3 is 2.62 bits per heavy atom. The van der Waals surface area contributed by atoms with E-state index in [9.17, 15) is 19.8 Å². The van der Waals surface area contributed by atoms with Crippen molar-refractivity contribution in [2.24, 2.45) is 13.0 Å². The molecule has 3 atom stereocenters.